The summed E-state index contributed by atoms with van der Waals surface area (Å²) in [5.41, 5.74) is 6.31. The van der Waals surface area contributed by atoms with Crippen LogP contribution < -0.4 is 4.90 Å². The van der Waals surface area contributed by atoms with Gasteiger partial charge in [0.15, 0.2) is 0 Å². The van der Waals surface area contributed by atoms with E-state index in [9.17, 15) is 18.0 Å². The lowest BCUT2D eigenvalue weighted by molar-refractivity contribution is -0.147. The van der Waals surface area contributed by atoms with E-state index in [4.69, 9.17) is 14.8 Å². The lowest BCUT2D eigenvalue weighted by atomic mass is 9.87. The van der Waals surface area contributed by atoms with Crippen molar-refractivity contribution < 1.29 is 27.8 Å². The van der Waals surface area contributed by atoms with Crippen LogP contribution in [0.3, 0.4) is 0 Å². The summed E-state index contributed by atoms with van der Waals surface area (Å²) in [7, 11) is 0. The molecule has 212 valence electrons. The number of hydrogen-bond donors (Lipinski definition) is 1. The maximum absolute atomic E-state index is 12.7. The third-order valence-electron chi connectivity index (χ3n) is 7.90. The largest absolute Gasteiger partial charge is 0.506 e. The molecule has 1 aromatic heterocycles. The number of hydrogen-bond acceptors (Lipinski definition) is 5. The van der Waals surface area contributed by atoms with Gasteiger partial charge in [-0.25, -0.2) is 9.78 Å². The normalized spacial score (nSPS) is 17.6. The Morgan fingerprint density at radius 3 is 2.30 bits per heavy atom. The van der Waals surface area contributed by atoms with Crippen LogP contribution in [-0.2, 0) is 4.74 Å². The van der Waals surface area contributed by atoms with Crippen LogP contribution in [0.4, 0.5) is 23.8 Å². The molecule has 40 heavy (non-hydrogen) atoms. The highest BCUT2D eigenvalue weighted by Crippen LogP contribution is 2.36. The van der Waals surface area contributed by atoms with Gasteiger partial charge in [0.1, 0.15) is 11.9 Å². The Hall–Kier alpha value is -3.59. The van der Waals surface area contributed by atoms with Crippen molar-refractivity contribution in [1.82, 2.24) is 9.88 Å². The smallest absolute Gasteiger partial charge is 0.450 e. The maximum Gasteiger partial charge on any atom is 0.506 e. The van der Waals surface area contributed by atoms with Gasteiger partial charge >= 0.3 is 12.3 Å². The molecule has 2 saturated heterocycles. The topological polar surface area (TPSA) is 65.9 Å². The van der Waals surface area contributed by atoms with Gasteiger partial charge in [-0.2, -0.15) is 13.2 Å². The minimum atomic E-state index is -4.15. The number of carboxylic acid groups (broad SMARTS) is 1. The van der Waals surface area contributed by atoms with Crippen molar-refractivity contribution in [3.63, 3.8) is 0 Å². The molecule has 6 nitrogen and oxygen atoms in total. The quantitative estimate of drug-likeness (QED) is 0.328. The zero-order valence-electron chi connectivity index (χ0n) is 22.5. The van der Waals surface area contributed by atoms with Crippen LogP contribution in [0, 0.1) is 6.92 Å². The predicted molar refractivity (Wildman–Crippen MR) is 149 cm³/mol. The fourth-order valence-electron chi connectivity index (χ4n) is 5.83. The number of likely N-dealkylation sites (tertiary alicyclic amines) is 1. The summed E-state index contributed by atoms with van der Waals surface area (Å²) in [6.45, 7) is 3.48. The van der Waals surface area contributed by atoms with E-state index in [0.717, 1.165) is 46.6 Å². The molecular weight excluding hydrogens is 519 g/mol. The highest BCUT2D eigenvalue weighted by atomic mass is 19.4. The number of halogens is 3. The molecule has 2 aromatic carbocycles. The highest BCUT2D eigenvalue weighted by Gasteiger charge is 2.32. The summed E-state index contributed by atoms with van der Waals surface area (Å²) in [4.78, 5) is 19.5. The average molecular weight is 554 g/mol. The first-order valence-electron chi connectivity index (χ1n) is 13.8. The van der Waals surface area contributed by atoms with Gasteiger partial charge in [0.25, 0.3) is 0 Å². The summed E-state index contributed by atoms with van der Waals surface area (Å²) >= 11 is 0. The standard InChI is InChI=1S/C31H34F3N3O3/c1-21-5-10-26(24-8-6-22(7-9-24)23-11-15-36(16-12-23)20-31(32,33)34)27(19-21)28-3-2-4-29(35-28)37-17-13-25(14-18-37)40-30(38)39/h2-10,19,23,25H,11-18,20H2,1H3,(H,38,39). The number of anilines is 1. The van der Waals surface area contributed by atoms with E-state index in [-0.39, 0.29) is 12.0 Å². The van der Waals surface area contributed by atoms with Crippen LogP contribution in [0.15, 0.2) is 60.7 Å². The van der Waals surface area contributed by atoms with Crippen LogP contribution in [-0.4, -0.2) is 66.1 Å². The number of carbonyl (C=O) groups is 1. The zero-order chi connectivity index (χ0) is 28.3. The summed E-state index contributed by atoms with van der Waals surface area (Å²) in [5, 5.41) is 8.89. The molecule has 5 rings (SSSR count). The molecular formula is C31H34F3N3O3. The van der Waals surface area contributed by atoms with Crippen LogP contribution in [0.25, 0.3) is 22.4 Å². The first kappa shape index (κ1) is 28.0. The first-order valence-corrected chi connectivity index (χ1v) is 13.8. The van der Waals surface area contributed by atoms with Gasteiger partial charge < -0.3 is 14.7 Å². The number of pyridine rings is 1. The van der Waals surface area contributed by atoms with Gasteiger partial charge in [-0.05, 0) is 73.7 Å². The maximum atomic E-state index is 12.7. The second kappa shape index (κ2) is 11.9. The predicted octanol–water partition coefficient (Wildman–Crippen LogP) is 7.13. The van der Waals surface area contributed by atoms with Gasteiger partial charge in [0.2, 0.25) is 0 Å². The number of piperidine rings is 2. The Labute approximate surface area is 232 Å². The molecule has 2 aliphatic heterocycles. The number of aryl methyl sites for hydroxylation is 1. The Balaban J connectivity index is 1.31. The van der Waals surface area contributed by atoms with E-state index in [1.165, 1.54) is 10.5 Å². The molecule has 1 N–H and O–H groups in total. The van der Waals surface area contributed by atoms with Gasteiger partial charge in [0, 0.05) is 31.5 Å². The number of nitrogens with zero attached hydrogens (tertiary/aromatic N) is 3. The molecule has 2 aliphatic rings. The number of rotatable bonds is 6. The van der Waals surface area contributed by atoms with E-state index in [1.54, 1.807) is 0 Å². The van der Waals surface area contributed by atoms with Crippen molar-refractivity contribution in [2.45, 2.75) is 50.8 Å². The molecule has 2 fully saturated rings. The van der Waals surface area contributed by atoms with Crippen LogP contribution >= 0.6 is 0 Å². The van der Waals surface area contributed by atoms with Gasteiger partial charge in [-0.15, -0.1) is 0 Å². The minimum Gasteiger partial charge on any atom is -0.450 e. The molecule has 3 heterocycles. The number of benzene rings is 2. The zero-order valence-corrected chi connectivity index (χ0v) is 22.5. The Morgan fingerprint density at radius 1 is 0.950 bits per heavy atom. The SMILES string of the molecule is Cc1ccc(-c2ccc(C3CCN(CC(F)(F)F)CC3)cc2)c(-c2cccc(N3CCC(OC(=O)O)CC3)n2)c1. The fourth-order valence-corrected chi connectivity index (χ4v) is 5.83. The van der Waals surface area contributed by atoms with E-state index in [0.29, 0.717) is 39.0 Å². The van der Waals surface area contributed by atoms with Crippen molar-refractivity contribution in [2.24, 2.45) is 0 Å². The monoisotopic (exact) mass is 553 g/mol. The first-order chi connectivity index (χ1) is 19.1. The van der Waals surface area contributed by atoms with Gasteiger partial charge in [-0.3, -0.25) is 4.90 Å². The fraction of sp³-hybridized carbons (Fsp3) is 0.419. The van der Waals surface area contributed by atoms with Crippen molar-refractivity contribution in [2.75, 3.05) is 37.6 Å². The molecule has 0 aliphatic carbocycles. The van der Waals surface area contributed by atoms with Crippen LogP contribution in [0.5, 0.6) is 0 Å². The Kier molecular flexibility index (Phi) is 8.30. The molecule has 3 aromatic rings. The molecule has 9 heteroatoms. The van der Waals surface area contributed by atoms with Crippen molar-refractivity contribution >= 4 is 12.0 Å². The lowest BCUT2D eigenvalue weighted by Gasteiger charge is -2.32. The summed E-state index contributed by atoms with van der Waals surface area (Å²) in [6, 6.07) is 20.7. The van der Waals surface area contributed by atoms with Crippen LogP contribution in [0.1, 0.15) is 42.7 Å². The Morgan fingerprint density at radius 2 is 1.65 bits per heavy atom. The Bertz CT molecular complexity index is 1310. The van der Waals surface area contributed by atoms with E-state index in [1.807, 2.05) is 18.2 Å². The number of alkyl halides is 3. The average Bonchev–Trinajstić information content (AvgIpc) is 2.93. The summed E-state index contributed by atoms with van der Waals surface area (Å²) in [6.07, 6.45) is -2.96. The van der Waals surface area contributed by atoms with E-state index < -0.39 is 18.9 Å². The van der Waals surface area contributed by atoms with Crippen molar-refractivity contribution in [3.05, 3.63) is 71.8 Å². The minimum absolute atomic E-state index is 0.263. The lowest BCUT2D eigenvalue weighted by Crippen LogP contribution is -2.39. The number of aromatic nitrogens is 1. The highest BCUT2D eigenvalue weighted by molar-refractivity contribution is 5.83. The second-order valence-corrected chi connectivity index (χ2v) is 10.8. The van der Waals surface area contributed by atoms with Gasteiger partial charge in [0.05, 0.1) is 12.2 Å². The molecule has 0 radical (unpaired) electrons. The summed E-state index contributed by atoms with van der Waals surface area (Å²) < 4.78 is 43.2. The third-order valence-corrected chi connectivity index (χ3v) is 7.90. The molecule has 0 atom stereocenters. The molecule has 0 spiro atoms. The van der Waals surface area contributed by atoms with E-state index >= 15 is 0 Å². The molecule has 0 saturated carbocycles. The molecule has 0 amide bonds. The number of ether oxygens (including phenoxy) is 1. The summed E-state index contributed by atoms with van der Waals surface area (Å²) in [5.74, 6) is 1.12. The third kappa shape index (κ3) is 6.94. The van der Waals surface area contributed by atoms with Crippen LogP contribution in [0.2, 0.25) is 0 Å². The van der Waals surface area contributed by atoms with Gasteiger partial charge in [-0.1, -0.05) is 48.0 Å². The molecule has 0 unspecified atom stereocenters. The van der Waals surface area contributed by atoms with E-state index in [2.05, 4.69) is 54.3 Å². The van der Waals surface area contributed by atoms with Crippen molar-refractivity contribution in [3.8, 4) is 22.4 Å². The second-order valence-electron chi connectivity index (χ2n) is 10.8. The van der Waals surface area contributed by atoms with Crippen molar-refractivity contribution in [1.29, 1.82) is 0 Å². The molecule has 0 bridgehead atoms.